The maximum atomic E-state index is 13.4. The first-order valence-electron chi connectivity index (χ1n) is 17.1. The number of rotatable bonds is 5. The van der Waals surface area contributed by atoms with Crippen LogP contribution >= 0.6 is 0 Å². The van der Waals surface area contributed by atoms with E-state index in [2.05, 4.69) is 48.5 Å². The summed E-state index contributed by atoms with van der Waals surface area (Å²) in [7, 11) is 0. The number of hydrogen-bond acceptors (Lipinski definition) is 4. The third kappa shape index (κ3) is 3.96. The Morgan fingerprint density at radius 2 is 1.68 bits per heavy atom. The molecule has 0 amide bonds. The summed E-state index contributed by atoms with van der Waals surface area (Å²) in [6, 6.07) is 0. The van der Waals surface area contributed by atoms with Crippen molar-refractivity contribution in [3.8, 4) is 0 Å². The van der Waals surface area contributed by atoms with Crippen molar-refractivity contribution in [2.24, 2.45) is 68.5 Å². The average molecular weight is 555 g/mol. The average Bonchev–Trinajstić information content (AvgIpc) is 3.31. The lowest BCUT2D eigenvalue weighted by Crippen LogP contribution is -2.67. The lowest BCUT2D eigenvalue weighted by Gasteiger charge is -2.72. The van der Waals surface area contributed by atoms with Crippen molar-refractivity contribution in [2.45, 2.75) is 132 Å². The van der Waals surface area contributed by atoms with E-state index in [-0.39, 0.29) is 22.9 Å². The third-order valence-corrected chi connectivity index (χ3v) is 15.1. The molecule has 1 saturated heterocycles. The molecule has 226 valence electrons. The second kappa shape index (κ2) is 9.90. The first-order valence-corrected chi connectivity index (χ1v) is 17.1. The van der Waals surface area contributed by atoms with Gasteiger partial charge in [-0.25, -0.2) is 0 Å². The minimum Gasteiger partial charge on any atom is -0.353 e. The molecular weight excluding hydrogens is 496 g/mol. The van der Waals surface area contributed by atoms with Crippen LogP contribution in [0.4, 0.5) is 0 Å². The van der Waals surface area contributed by atoms with Gasteiger partial charge in [-0.3, -0.25) is 4.79 Å². The molecule has 6 rings (SSSR count). The number of ketones is 1. The number of aldehydes is 1. The molecule has 0 bridgehead atoms. The van der Waals surface area contributed by atoms with Gasteiger partial charge < -0.3 is 14.3 Å². The van der Waals surface area contributed by atoms with Crippen LogP contribution in [0.2, 0.25) is 0 Å². The van der Waals surface area contributed by atoms with E-state index in [0.29, 0.717) is 28.6 Å². The molecule has 5 saturated carbocycles. The number of hydrogen-bond donors (Lipinski definition) is 0. The van der Waals surface area contributed by atoms with Crippen LogP contribution in [0.15, 0.2) is 0 Å². The molecule has 0 N–H and O–H groups in total. The Bertz CT molecular complexity index is 997. The molecule has 1 heterocycles. The Labute approximate surface area is 244 Å². The van der Waals surface area contributed by atoms with E-state index in [1.807, 2.05) is 0 Å². The predicted molar refractivity (Wildman–Crippen MR) is 158 cm³/mol. The minimum atomic E-state index is -0.428. The molecule has 11 atom stereocenters. The van der Waals surface area contributed by atoms with Gasteiger partial charge in [-0.15, -0.1) is 0 Å². The molecule has 2 unspecified atom stereocenters. The summed E-state index contributed by atoms with van der Waals surface area (Å²) >= 11 is 0. The second-order valence-electron chi connectivity index (χ2n) is 17.1. The predicted octanol–water partition coefficient (Wildman–Crippen LogP) is 8.26. The first kappa shape index (κ1) is 29.3. The largest absolute Gasteiger partial charge is 0.353 e. The van der Waals surface area contributed by atoms with Crippen molar-refractivity contribution in [2.75, 3.05) is 13.2 Å². The fraction of sp³-hybridized carbons (Fsp3) is 0.944. The molecule has 5 aliphatic carbocycles. The SMILES string of the molecule is CC(C)[C@@H]1CC[C@]2(COC3CCCCO3)CC[C@]3(C)[C@H](CC[C@@H]4[C@@]5(C)CC(C=O)C(=O)C(C)(C)[C@@H]5CC[C@]43C)[C@@H]12. The maximum absolute atomic E-state index is 13.4. The Morgan fingerprint density at radius 3 is 2.35 bits per heavy atom. The van der Waals surface area contributed by atoms with E-state index >= 15 is 0 Å². The molecule has 1 aliphatic heterocycles. The van der Waals surface area contributed by atoms with Crippen LogP contribution in [0.3, 0.4) is 0 Å². The van der Waals surface area contributed by atoms with Crippen molar-refractivity contribution in [1.29, 1.82) is 0 Å². The van der Waals surface area contributed by atoms with Gasteiger partial charge in [0.05, 0.1) is 12.5 Å². The van der Waals surface area contributed by atoms with Crippen molar-refractivity contribution in [1.82, 2.24) is 0 Å². The van der Waals surface area contributed by atoms with Gasteiger partial charge in [-0.05, 0) is 134 Å². The van der Waals surface area contributed by atoms with Crippen LogP contribution in [0.5, 0.6) is 0 Å². The van der Waals surface area contributed by atoms with Gasteiger partial charge in [-0.2, -0.15) is 0 Å². The fourth-order valence-corrected chi connectivity index (χ4v) is 13.1. The van der Waals surface area contributed by atoms with E-state index in [0.717, 1.165) is 56.5 Å². The molecule has 6 aliphatic rings. The summed E-state index contributed by atoms with van der Waals surface area (Å²) < 4.78 is 12.7. The van der Waals surface area contributed by atoms with Gasteiger partial charge in [0.2, 0.25) is 0 Å². The zero-order valence-corrected chi connectivity index (χ0v) is 26.7. The molecule has 0 aromatic heterocycles. The maximum Gasteiger partial charge on any atom is 0.157 e. The highest BCUT2D eigenvalue weighted by Crippen LogP contribution is 2.77. The van der Waals surface area contributed by atoms with Crippen molar-refractivity contribution in [3.63, 3.8) is 0 Å². The van der Waals surface area contributed by atoms with Gasteiger partial charge in [0.1, 0.15) is 12.1 Å². The van der Waals surface area contributed by atoms with Crippen molar-refractivity contribution >= 4 is 12.1 Å². The van der Waals surface area contributed by atoms with Crippen LogP contribution < -0.4 is 0 Å². The highest BCUT2D eigenvalue weighted by molar-refractivity contribution is 5.97. The quantitative estimate of drug-likeness (QED) is 0.254. The van der Waals surface area contributed by atoms with Gasteiger partial charge in [-0.1, -0.05) is 48.5 Å². The topological polar surface area (TPSA) is 52.6 Å². The van der Waals surface area contributed by atoms with Crippen LogP contribution in [0.1, 0.15) is 126 Å². The van der Waals surface area contributed by atoms with Crippen LogP contribution in [0.25, 0.3) is 0 Å². The van der Waals surface area contributed by atoms with Gasteiger partial charge in [0, 0.05) is 12.0 Å². The molecule has 0 aromatic rings. The Balaban J connectivity index is 1.33. The Kier molecular flexibility index (Phi) is 7.26. The summed E-state index contributed by atoms with van der Waals surface area (Å²) in [6.07, 6.45) is 15.3. The summed E-state index contributed by atoms with van der Waals surface area (Å²) in [6.45, 7) is 18.8. The molecule has 40 heavy (non-hydrogen) atoms. The number of fused-ring (bicyclic) bond motifs is 7. The van der Waals surface area contributed by atoms with E-state index < -0.39 is 11.3 Å². The summed E-state index contributed by atoms with van der Waals surface area (Å²) in [4.78, 5) is 25.6. The van der Waals surface area contributed by atoms with Crippen LogP contribution in [-0.2, 0) is 19.1 Å². The summed E-state index contributed by atoms with van der Waals surface area (Å²) in [5.74, 6) is 3.66. The van der Waals surface area contributed by atoms with Crippen LogP contribution in [-0.4, -0.2) is 31.6 Å². The van der Waals surface area contributed by atoms with Crippen molar-refractivity contribution < 1.29 is 19.1 Å². The lowest BCUT2D eigenvalue weighted by atomic mass is 9.32. The zero-order valence-electron chi connectivity index (χ0n) is 26.7. The summed E-state index contributed by atoms with van der Waals surface area (Å²) in [5, 5.41) is 0. The molecular formula is C36H58O4. The first-order chi connectivity index (χ1) is 18.8. The molecule has 4 nitrogen and oxygen atoms in total. The molecule has 0 aromatic carbocycles. The number of carbonyl (C=O) groups is 2. The molecule has 6 fully saturated rings. The zero-order chi connectivity index (χ0) is 28.7. The number of Topliss-reactive ketones (excluding diaryl/α,β-unsaturated/α-hetero) is 1. The van der Waals surface area contributed by atoms with E-state index in [1.54, 1.807) is 0 Å². The van der Waals surface area contributed by atoms with Crippen molar-refractivity contribution in [3.05, 3.63) is 0 Å². The van der Waals surface area contributed by atoms with Crippen LogP contribution in [0, 0.1) is 68.5 Å². The van der Waals surface area contributed by atoms with Gasteiger partial charge >= 0.3 is 0 Å². The lowest BCUT2D eigenvalue weighted by molar-refractivity contribution is -0.249. The normalized spacial score (nSPS) is 51.9. The fourth-order valence-electron chi connectivity index (χ4n) is 13.1. The Morgan fingerprint density at radius 1 is 0.900 bits per heavy atom. The highest BCUT2D eigenvalue weighted by Gasteiger charge is 2.71. The van der Waals surface area contributed by atoms with Gasteiger partial charge in [0.15, 0.2) is 6.29 Å². The summed E-state index contributed by atoms with van der Waals surface area (Å²) in [5.41, 5.74) is 0.471. The minimum absolute atomic E-state index is 0.00166. The molecule has 0 spiro atoms. The molecule has 4 heteroatoms. The smallest absolute Gasteiger partial charge is 0.157 e. The Hall–Kier alpha value is -0.740. The standard InChI is InChI=1S/C36H58O4/c1-23(2)25-13-16-36(22-40-29-10-8-9-19-39-29)18-17-34(6)26(30(25)36)11-12-28-33(5)20-24(21-37)31(38)32(3,4)27(33)14-15-35(28,34)7/h21,23-30H,8-20,22H2,1-7H3/t24?,25-,26+,27-,28+,29?,30+,33-,34+,35+,36+/m0/s1. The number of ether oxygens (including phenoxy) is 2. The number of carbonyl (C=O) groups excluding carboxylic acids is 2. The van der Waals surface area contributed by atoms with E-state index in [9.17, 15) is 9.59 Å². The molecule has 0 radical (unpaired) electrons. The van der Waals surface area contributed by atoms with E-state index in [1.165, 1.54) is 57.8 Å². The van der Waals surface area contributed by atoms with Gasteiger partial charge in [0.25, 0.3) is 0 Å². The third-order valence-electron chi connectivity index (χ3n) is 15.1. The second-order valence-corrected chi connectivity index (χ2v) is 17.1. The highest BCUT2D eigenvalue weighted by atomic mass is 16.7. The van der Waals surface area contributed by atoms with E-state index in [4.69, 9.17) is 9.47 Å². The monoisotopic (exact) mass is 554 g/mol.